The van der Waals surface area contributed by atoms with Gasteiger partial charge in [-0.25, -0.2) is 0 Å². The van der Waals surface area contributed by atoms with Gasteiger partial charge in [0, 0.05) is 31.2 Å². The quantitative estimate of drug-likeness (QED) is 0.675. The number of rotatable bonds is 3. The van der Waals surface area contributed by atoms with E-state index in [1.54, 1.807) is 0 Å². The molecular weight excluding hydrogens is 272 g/mol. The minimum absolute atomic E-state index is 0.561. The second-order valence-electron chi connectivity index (χ2n) is 5.90. The lowest BCUT2D eigenvalue weighted by molar-refractivity contribution is 0.410. The first-order valence-corrected chi connectivity index (χ1v) is 8.16. The third-order valence-electron chi connectivity index (χ3n) is 4.33. The molecule has 0 bridgehead atoms. The van der Waals surface area contributed by atoms with Crippen LogP contribution in [0, 0.1) is 0 Å². The fraction of sp³-hybridized carbons (Fsp3) is 0.444. The molecule has 0 radical (unpaired) electrons. The molecule has 0 amide bonds. The second kappa shape index (κ2) is 7.25. The molecule has 1 heterocycles. The first-order chi connectivity index (χ1) is 10.9. The molecule has 22 heavy (non-hydrogen) atoms. The zero-order valence-electron chi connectivity index (χ0n) is 13.2. The monoisotopic (exact) mass is 296 g/mol. The number of pyridine rings is 1. The molecule has 0 spiro atoms. The van der Waals surface area contributed by atoms with E-state index in [0.717, 1.165) is 18.0 Å². The van der Waals surface area contributed by atoms with Crippen LogP contribution in [0.1, 0.15) is 37.7 Å². The molecule has 0 unspecified atom stereocenters. The van der Waals surface area contributed by atoms with Gasteiger partial charge in [0.05, 0.1) is 5.52 Å². The fourth-order valence-electron chi connectivity index (χ4n) is 3.12. The van der Waals surface area contributed by atoms with Gasteiger partial charge in [-0.05, 0) is 24.5 Å². The summed E-state index contributed by atoms with van der Waals surface area (Å²) in [6.45, 7) is 0.737. The van der Waals surface area contributed by atoms with Crippen molar-refractivity contribution in [2.75, 3.05) is 7.05 Å². The number of nitrogens with zero attached hydrogens (tertiary/aromatic N) is 2. The van der Waals surface area contributed by atoms with Crippen LogP contribution < -0.4 is 10.6 Å². The predicted molar refractivity (Wildman–Crippen MR) is 92.0 cm³/mol. The van der Waals surface area contributed by atoms with Crippen molar-refractivity contribution in [1.82, 2.24) is 15.6 Å². The Morgan fingerprint density at radius 1 is 1.18 bits per heavy atom. The van der Waals surface area contributed by atoms with Crippen molar-refractivity contribution in [3.63, 3.8) is 0 Å². The minimum atomic E-state index is 0.561. The molecule has 2 N–H and O–H groups in total. The topological polar surface area (TPSA) is 49.3 Å². The third kappa shape index (κ3) is 3.56. The Morgan fingerprint density at radius 3 is 2.82 bits per heavy atom. The van der Waals surface area contributed by atoms with E-state index in [9.17, 15) is 0 Å². The van der Waals surface area contributed by atoms with Crippen molar-refractivity contribution < 1.29 is 0 Å². The van der Waals surface area contributed by atoms with Crippen LogP contribution in [0.2, 0.25) is 0 Å². The van der Waals surface area contributed by atoms with E-state index in [1.165, 1.54) is 43.1 Å². The number of nitrogens with one attached hydrogen (secondary N) is 2. The number of guanidine groups is 1. The van der Waals surface area contributed by atoms with E-state index in [2.05, 4.69) is 44.9 Å². The van der Waals surface area contributed by atoms with Gasteiger partial charge in [-0.2, -0.15) is 0 Å². The van der Waals surface area contributed by atoms with E-state index in [4.69, 9.17) is 0 Å². The highest BCUT2D eigenvalue weighted by molar-refractivity contribution is 5.83. The maximum Gasteiger partial charge on any atom is 0.191 e. The van der Waals surface area contributed by atoms with Crippen molar-refractivity contribution in [2.45, 2.75) is 44.7 Å². The van der Waals surface area contributed by atoms with Gasteiger partial charge in [0.25, 0.3) is 0 Å². The Hall–Kier alpha value is -2.10. The first-order valence-electron chi connectivity index (χ1n) is 8.16. The van der Waals surface area contributed by atoms with Crippen LogP contribution >= 0.6 is 0 Å². The number of hydrogen-bond donors (Lipinski definition) is 2. The SMILES string of the molecule is CN=C(NCc1cccc2cccnc12)NC1CCCCC1. The first kappa shape index (κ1) is 14.8. The van der Waals surface area contributed by atoms with Crippen LogP contribution in [0.4, 0.5) is 0 Å². The van der Waals surface area contributed by atoms with E-state index in [1.807, 2.05) is 19.3 Å². The summed E-state index contributed by atoms with van der Waals surface area (Å²) in [7, 11) is 1.83. The van der Waals surface area contributed by atoms with E-state index in [-0.39, 0.29) is 0 Å². The summed E-state index contributed by atoms with van der Waals surface area (Å²) in [5, 5.41) is 8.14. The molecule has 0 atom stereocenters. The summed E-state index contributed by atoms with van der Waals surface area (Å²) in [6, 6.07) is 10.9. The Kier molecular flexibility index (Phi) is 4.88. The molecule has 4 heteroatoms. The van der Waals surface area contributed by atoms with Gasteiger partial charge < -0.3 is 10.6 Å². The normalized spacial score (nSPS) is 16.7. The molecule has 1 aliphatic carbocycles. The van der Waals surface area contributed by atoms with Gasteiger partial charge in [-0.3, -0.25) is 9.98 Å². The number of fused-ring (bicyclic) bond motifs is 1. The van der Waals surface area contributed by atoms with Crippen LogP contribution in [0.25, 0.3) is 10.9 Å². The van der Waals surface area contributed by atoms with Crippen LogP contribution in [0.15, 0.2) is 41.5 Å². The zero-order valence-corrected chi connectivity index (χ0v) is 13.2. The number of benzene rings is 1. The number of hydrogen-bond acceptors (Lipinski definition) is 2. The zero-order chi connectivity index (χ0) is 15.2. The molecule has 2 aromatic rings. The third-order valence-corrected chi connectivity index (χ3v) is 4.33. The second-order valence-corrected chi connectivity index (χ2v) is 5.90. The molecule has 3 rings (SSSR count). The molecule has 1 fully saturated rings. The molecule has 1 aromatic carbocycles. The standard InChI is InChI=1S/C18H24N4/c1-19-18(22-16-10-3-2-4-11-16)21-13-15-8-5-7-14-9-6-12-20-17(14)15/h5-9,12,16H,2-4,10-11,13H2,1H3,(H2,19,21,22). The maximum atomic E-state index is 4.50. The molecule has 0 saturated heterocycles. The van der Waals surface area contributed by atoms with E-state index in [0.29, 0.717) is 6.04 Å². The van der Waals surface area contributed by atoms with Gasteiger partial charge in [0.15, 0.2) is 5.96 Å². The number of para-hydroxylation sites is 1. The molecule has 1 saturated carbocycles. The minimum Gasteiger partial charge on any atom is -0.354 e. The van der Waals surface area contributed by atoms with Crippen LogP contribution in [0.3, 0.4) is 0 Å². The highest BCUT2D eigenvalue weighted by atomic mass is 15.2. The highest BCUT2D eigenvalue weighted by Gasteiger charge is 2.14. The largest absolute Gasteiger partial charge is 0.354 e. The Labute approximate surface area is 132 Å². The van der Waals surface area contributed by atoms with Crippen molar-refractivity contribution >= 4 is 16.9 Å². The summed E-state index contributed by atoms with van der Waals surface area (Å²) in [5.74, 6) is 0.889. The molecule has 4 nitrogen and oxygen atoms in total. The van der Waals surface area contributed by atoms with Gasteiger partial charge in [0.1, 0.15) is 0 Å². The van der Waals surface area contributed by atoms with Gasteiger partial charge in [-0.15, -0.1) is 0 Å². The molecule has 1 aliphatic rings. The average molecular weight is 296 g/mol. The Balaban J connectivity index is 1.64. The summed E-state index contributed by atoms with van der Waals surface area (Å²) >= 11 is 0. The Bertz CT molecular complexity index is 639. The highest BCUT2D eigenvalue weighted by Crippen LogP contribution is 2.18. The van der Waals surface area contributed by atoms with Crippen LogP contribution in [-0.4, -0.2) is 24.0 Å². The van der Waals surface area contributed by atoms with Crippen molar-refractivity contribution in [1.29, 1.82) is 0 Å². The number of aliphatic imine (C=N–C) groups is 1. The van der Waals surface area contributed by atoms with Crippen LogP contribution in [0.5, 0.6) is 0 Å². The van der Waals surface area contributed by atoms with Crippen molar-refractivity contribution in [3.05, 3.63) is 42.1 Å². The molecule has 116 valence electrons. The van der Waals surface area contributed by atoms with Crippen molar-refractivity contribution in [2.24, 2.45) is 4.99 Å². The van der Waals surface area contributed by atoms with Gasteiger partial charge in [0.2, 0.25) is 0 Å². The molecular formula is C18H24N4. The Morgan fingerprint density at radius 2 is 2.00 bits per heavy atom. The van der Waals surface area contributed by atoms with E-state index >= 15 is 0 Å². The van der Waals surface area contributed by atoms with Crippen LogP contribution in [-0.2, 0) is 6.54 Å². The van der Waals surface area contributed by atoms with Gasteiger partial charge >= 0.3 is 0 Å². The lowest BCUT2D eigenvalue weighted by atomic mass is 9.96. The summed E-state index contributed by atoms with van der Waals surface area (Å²) in [5.41, 5.74) is 2.26. The summed E-state index contributed by atoms with van der Waals surface area (Å²) in [6.07, 6.45) is 8.35. The van der Waals surface area contributed by atoms with Gasteiger partial charge in [-0.1, -0.05) is 43.5 Å². The van der Waals surface area contributed by atoms with E-state index < -0.39 is 0 Å². The van der Waals surface area contributed by atoms with Crippen molar-refractivity contribution in [3.8, 4) is 0 Å². The summed E-state index contributed by atoms with van der Waals surface area (Å²) < 4.78 is 0. The fourth-order valence-corrected chi connectivity index (χ4v) is 3.12. The smallest absolute Gasteiger partial charge is 0.191 e. The predicted octanol–water partition coefficient (Wildman–Crippen LogP) is 3.23. The maximum absolute atomic E-state index is 4.50. The average Bonchev–Trinajstić information content (AvgIpc) is 2.59. The lowest BCUT2D eigenvalue weighted by Gasteiger charge is -2.25. The lowest BCUT2D eigenvalue weighted by Crippen LogP contribution is -2.43. The summed E-state index contributed by atoms with van der Waals surface area (Å²) in [4.78, 5) is 8.85. The number of aromatic nitrogens is 1. The molecule has 0 aliphatic heterocycles. The molecule has 1 aromatic heterocycles.